The summed E-state index contributed by atoms with van der Waals surface area (Å²) < 4.78 is 41.2. The van der Waals surface area contributed by atoms with Crippen molar-refractivity contribution in [2.24, 2.45) is 5.41 Å². The van der Waals surface area contributed by atoms with Gasteiger partial charge in [0.25, 0.3) is 0 Å². The third-order valence-electron chi connectivity index (χ3n) is 7.07. The lowest BCUT2D eigenvalue weighted by Crippen LogP contribution is -2.67. The molecule has 1 spiro atoms. The number of imidazole rings is 1. The number of H-pyrrole nitrogens is 1. The zero-order chi connectivity index (χ0) is 24.3. The highest BCUT2D eigenvalue weighted by molar-refractivity contribution is 6.06. The van der Waals surface area contributed by atoms with Crippen LogP contribution in [0.2, 0.25) is 0 Å². The van der Waals surface area contributed by atoms with Crippen molar-refractivity contribution in [2.45, 2.75) is 18.9 Å². The van der Waals surface area contributed by atoms with Crippen LogP contribution in [0.4, 0.5) is 24.8 Å². The Morgan fingerprint density at radius 2 is 1.80 bits per heavy atom. The van der Waals surface area contributed by atoms with Gasteiger partial charge in [-0.3, -0.25) is 9.78 Å². The lowest BCUT2D eigenvalue weighted by Gasteiger charge is -2.58. The van der Waals surface area contributed by atoms with Gasteiger partial charge in [-0.15, -0.1) is 0 Å². The molecule has 7 nitrogen and oxygen atoms in total. The lowest BCUT2D eigenvalue weighted by molar-refractivity contribution is -0.142. The fourth-order valence-corrected chi connectivity index (χ4v) is 5.27. The molecule has 1 amide bonds. The number of phenols is 1. The highest BCUT2D eigenvalue weighted by Crippen LogP contribution is 2.57. The van der Waals surface area contributed by atoms with Crippen LogP contribution in [0.1, 0.15) is 24.6 Å². The molecule has 4 aromatic rings. The van der Waals surface area contributed by atoms with Crippen molar-refractivity contribution >= 4 is 28.6 Å². The number of β-lactam (4-membered cyclic amide) rings is 1. The smallest absolute Gasteiger partial charge is 0.236 e. The number of phenolic OH excluding ortho intramolecular Hbond substituents is 1. The average Bonchev–Trinajstić information content (AvgIpc) is 3.27. The Morgan fingerprint density at radius 1 is 1.00 bits per heavy atom. The van der Waals surface area contributed by atoms with Gasteiger partial charge in [-0.2, -0.15) is 0 Å². The average molecular weight is 479 g/mol. The summed E-state index contributed by atoms with van der Waals surface area (Å²) in [5.41, 5.74) is 1.13. The van der Waals surface area contributed by atoms with E-state index in [4.69, 9.17) is 0 Å². The zero-order valence-corrected chi connectivity index (χ0v) is 18.4. The van der Waals surface area contributed by atoms with Gasteiger partial charge in [-0.1, -0.05) is 6.07 Å². The number of nitrogens with zero attached hydrogens (tertiary/aromatic N) is 4. The van der Waals surface area contributed by atoms with Crippen LogP contribution in [0.25, 0.3) is 11.0 Å². The molecule has 2 aliphatic heterocycles. The first-order chi connectivity index (χ1) is 16.9. The summed E-state index contributed by atoms with van der Waals surface area (Å²) in [4.78, 5) is 29.0. The van der Waals surface area contributed by atoms with E-state index < -0.39 is 34.7 Å². The Balaban J connectivity index is 1.30. The highest BCUT2D eigenvalue weighted by atomic mass is 19.2. The molecule has 0 bridgehead atoms. The molecule has 35 heavy (non-hydrogen) atoms. The van der Waals surface area contributed by atoms with E-state index in [1.165, 1.54) is 23.1 Å². The van der Waals surface area contributed by atoms with Crippen molar-refractivity contribution in [3.8, 4) is 5.75 Å². The van der Waals surface area contributed by atoms with Crippen LogP contribution in [0.15, 0.2) is 54.7 Å². The first kappa shape index (κ1) is 21.5. The number of aromatic amines is 1. The maximum atomic E-state index is 14.0. The van der Waals surface area contributed by atoms with Gasteiger partial charge in [0.1, 0.15) is 0 Å². The third-order valence-corrected chi connectivity index (χ3v) is 7.07. The Morgan fingerprint density at radius 3 is 2.51 bits per heavy atom. The van der Waals surface area contributed by atoms with Crippen molar-refractivity contribution in [1.82, 2.24) is 15.0 Å². The first-order valence-electron chi connectivity index (χ1n) is 11.2. The fraction of sp³-hybridized carbons (Fsp3) is 0.240. The van der Waals surface area contributed by atoms with Gasteiger partial charge in [0, 0.05) is 43.2 Å². The predicted octanol–water partition coefficient (Wildman–Crippen LogP) is 4.46. The van der Waals surface area contributed by atoms with Crippen LogP contribution >= 0.6 is 0 Å². The molecule has 0 radical (unpaired) electrons. The number of benzene rings is 2. The predicted molar refractivity (Wildman–Crippen MR) is 122 cm³/mol. The second-order valence-electron chi connectivity index (χ2n) is 8.96. The first-order valence-corrected chi connectivity index (χ1v) is 11.2. The van der Waals surface area contributed by atoms with Crippen LogP contribution in [0.3, 0.4) is 0 Å². The number of hydrogen-bond acceptors (Lipinski definition) is 5. The van der Waals surface area contributed by atoms with E-state index in [1.807, 2.05) is 17.0 Å². The van der Waals surface area contributed by atoms with Gasteiger partial charge >= 0.3 is 0 Å². The summed E-state index contributed by atoms with van der Waals surface area (Å²) in [7, 11) is 0. The summed E-state index contributed by atoms with van der Waals surface area (Å²) in [6, 6.07) is 10.9. The van der Waals surface area contributed by atoms with Gasteiger partial charge < -0.3 is 19.9 Å². The molecular formula is C25H20F3N5O2. The van der Waals surface area contributed by atoms with Gasteiger partial charge in [0.2, 0.25) is 11.9 Å². The lowest BCUT2D eigenvalue weighted by atomic mass is 9.63. The van der Waals surface area contributed by atoms with Gasteiger partial charge in [-0.25, -0.2) is 18.2 Å². The highest BCUT2D eigenvalue weighted by Gasteiger charge is 2.62. The molecule has 10 heteroatoms. The van der Waals surface area contributed by atoms with Crippen LogP contribution in [0.5, 0.6) is 5.75 Å². The van der Waals surface area contributed by atoms with E-state index in [2.05, 4.69) is 15.0 Å². The number of nitrogens with one attached hydrogen (secondary N) is 1. The normalized spacial score (nSPS) is 19.4. The number of aromatic hydroxyl groups is 1. The molecule has 2 aromatic carbocycles. The maximum Gasteiger partial charge on any atom is 0.236 e. The summed E-state index contributed by atoms with van der Waals surface area (Å²) in [5, 5.41) is 9.63. The molecule has 2 N–H and O–H groups in total. The third kappa shape index (κ3) is 3.23. The minimum atomic E-state index is -1.02. The quantitative estimate of drug-likeness (QED) is 0.424. The number of carbonyl (C=O) groups is 1. The van der Waals surface area contributed by atoms with E-state index in [0.717, 1.165) is 12.1 Å². The van der Waals surface area contributed by atoms with Gasteiger partial charge in [0.05, 0.1) is 28.2 Å². The second-order valence-corrected chi connectivity index (χ2v) is 8.96. The number of anilines is 2. The maximum absolute atomic E-state index is 14.0. The van der Waals surface area contributed by atoms with Crippen molar-refractivity contribution in [1.29, 1.82) is 0 Å². The number of hydrogen-bond donors (Lipinski definition) is 2. The molecule has 6 rings (SSSR count). The van der Waals surface area contributed by atoms with Crippen LogP contribution in [0, 0.1) is 22.9 Å². The molecule has 2 aliphatic rings. The number of pyridine rings is 1. The molecule has 2 fully saturated rings. The Labute approximate surface area is 197 Å². The summed E-state index contributed by atoms with van der Waals surface area (Å²) >= 11 is 0. The largest absolute Gasteiger partial charge is 0.505 e. The van der Waals surface area contributed by atoms with Gasteiger partial charge in [0.15, 0.2) is 23.2 Å². The van der Waals surface area contributed by atoms with Crippen LogP contribution in [-0.4, -0.2) is 39.1 Å². The molecule has 0 saturated carbocycles. The Kier molecular flexibility index (Phi) is 4.73. The molecule has 178 valence electrons. The zero-order valence-electron chi connectivity index (χ0n) is 18.4. The molecule has 0 aliphatic carbocycles. The Bertz CT molecular complexity index is 1410. The van der Waals surface area contributed by atoms with Crippen molar-refractivity contribution in [3.63, 3.8) is 0 Å². The minimum Gasteiger partial charge on any atom is -0.505 e. The number of carbonyl (C=O) groups excluding carboxylic acids is 1. The number of aromatic nitrogens is 3. The molecule has 4 heterocycles. The van der Waals surface area contributed by atoms with Crippen molar-refractivity contribution in [3.05, 3.63) is 77.9 Å². The van der Waals surface area contributed by atoms with Crippen molar-refractivity contribution < 1.29 is 23.1 Å². The van der Waals surface area contributed by atoms with Crippen LogP contribution in [-0.2, 0) is 4.79 Å². The topological polar surface area (TPSA) is 85.3 Å². The number of halogens is 3. The summed E-state index contributed by atoms with van der Waals surface area (Å²) in [6.45, 7) is 0.990. The van der Waals surface area contributed by atoms with Crippen molar-refractivity contribution in [2.75, 3.05) is 22.9 Å². The number of amides is 1. The molecule has 1 unspecified atom stereocenters. The van der Waals surface area contributed by atoms with Gasteiger partial charge in [-0.05, 0) is 37.1 Å². The number of piperidine rings is 1. The van der Waals surface area contributed by atoms with E-state index in [0.29, 0.717) is 48.6 Å². The van der Waals surface area contributed by atoms with Crippen LogP contribution < -0.4 is 9.80 Å². The number of rotatable bonds is 3. The molecule has 2 aromatic heterocycles. The molecule has 1 atom stereocenters. The minimum absolute atomic E-state index is 0.157. The summed E-state index contributed by atoms with van der Waals surface area (Å²) in [6.07, 6.45) is 2.63. The van der Waals surface area contributed by atoms with E-state index in [1.54, 1.807) is 12.3 Å². The standard InChI is InChI=1S/C25H20F3N5O2/c26-15-5-4-14(11-16(15)27)33-22(18-3-1-2-8-29-18)25(23(33)35)6-9-32(10-7-25)24-30-19-12-17(28)21(34)13-20(19)31-24/h1-5,8,11-13,22,34H,6-7,9-10H2,(H,30,31). The number of fused-ring (bicyclic) bond motifs is 1. The fourth-order valence-electron chi connectivity index (χ4n) is 5.27. The SMILES string of the molecule is O=C1N(c2ccc(F)c(F)c2)C(c2ccccn2)C12CCN(c1nc3cc(F)c(O)cc3[nH]1)CC2. The monoisotopic (exact) mass is 479 g/mol. The molecular weight excluding hydrogens is 459 g/mol. The Hall–Kier alpha value is -4.08. The van der Waals surface area contributed by atoms with E-state index >= 15 is 0 Å². The molecule has 2 saturated heterocycles. The van der Waals surface area contributed by atoms with E-state index in [9.17, 15) is 23.1 Å². The second kappa shape index (κ2) is 7.72. The summed E-state index contributed by atoms with van der Waals surface area (Å²) in [5.74, 6) is -2.82. The van der Waals surface area contributed by atoms with E-state index in [-0.39, 0.29) is 11.6 Å².